The molecule has 4 aromatic rings. The van der Waals surface area contributed by atoms with Crippen LogP contribution in [-0.4, -0.2) is 37.2 Å². The average molecular weight is 503 g/mol. The number of methoxy groups -OCH3 is 1. The number of aromatic amines is 1. The zero-order valence-electron chi connectivity index (χ0n) is 23.0. The SMILES string of the molecule is CC[C@@H](c1nnnn1C(C)(C)CC)N(Cc1ccccc1OC)Cc1cc2cc(C)cc(C)c2[nH]c1=O. The first-order valence-corrected chi connectivity index (χ1v) is 13.0. The molecule has 2 heterocycles. The zero-order chi connectivity index (χ0) is 26.7. The minimum atomic E-state index is -0.238. The van der Waals surface area contributed by atoms with Gasteiger partial charge in [0.1, 0.15) is 5.75 Å². The van der Waals surface area contributed by atoms with E-state index in [0.717, 1.165) is 46.4 Å². The second kappa shape index (κ2) is 10.8. The normalized spacial score (nSPS) is 12.9. The number of hydrogen-bond donors (Lipinski definition) is 1. The Morgan fingerprint density at radius 2 is 1.81 bits per heavy atom. The van der Waals surface area contributed by atoms with Crippen LogP contribution in [0.3, 0.4) is 0 Å². The number of ether oxygens (including phenoxy) is 1. The fourth-order valence-electron chi connectivity index (χ4n) is 4.98. The Morgan fingerprint density at radius 3 is 2.51 bits per heavy atom. The molecular formula is C29H38N6O2. The number of H-pyrrole nitrogens is 1. The van der Waals surface area contributed by atoms with Crippen molar-refractivity contribution in [2.45, 2.75) is 79.1 Å². The third kappa shape index (κ3) is 5.44. The smallest absolute Gasteiger partial charge is 0.252 e. The van der Waals surface area contributed by atoms with Crippen LogP contribution in [0.1, 0.15) is 74.7 Å². The maximum absolute atomic E-state index is 13.3. The highest BCUT2D eigenvalue weighted by atomic mass is 16.5. The summed E-state index contributed by atoms with van der Waals surface area (Å²) in [5.74, 6) is 1.61. The number of pyridine rings is 1. The van der Waals surface area contributed by atoms with Crippen LogP contribution in [0.15, 0.2) is 47.3 Å². The van der Waals surface area contributed by atoms with Crippen LogP contribution in [0, 0.1) is 13.8 Å². The predicted molar refractivity (Wildman–Crippen MR) is 147 cm³/mol. The van der Waals surface area contributed by atoms with Gasteiger partial charge in [0.05, 0.1) is 24.2 Å². The van der Waals surface area contributed by atoms with Crippen LogP contribution in [0.5, 0.6) is 5.75 Å². The van der Waals surface area contributed by atoms with Gasteiger partial charge in [0.15, 0.2) is 5.82 Å². The summed E-state index contributed by atoms with van der Waals surface area (Å²) in [7, 11) is 1.68. The van der Waals surface area contributed by atoms with E-state index in [9.17, 15) is 4.79 Å². The first kappa shape index (κ1) is 26.5. The molecule has 0 saturated heterocycles. The predicted octanol–water partition coefficient (Wildman–Crippen LogP) is 5.44. The third-order valence-electron chi connectivity index (χ3n) is 7.37. The molecule has 37 heavy (non-hydrogen) atoms. The molecule has 4 rings (SSSR count). The second-order valence-corrected chi connectivity index (χ2v) is 10.4. The maximum atomic E-state index is 13.3. The molecule has 196 valence electrons. The Labute approximate surface area is 218 Å². The number of hydrogen-bond acceptors (Lipinski definition) is 6. The number of aromatic nitrogens is 5. The van der Waals surface area contributed by atoms with Crippen LogP contribution in [0.4, 0.5) is 0 Å². The van der Waals surface area contributed by atoms with Crippen LogP contribution in [-0.2, 0) is 18.6 Å². The van der Waals surface area contributed by atoms with E-state index in [2.05, 4.69) is 78.2 Å². The summed E-state index contributed by atoms with van der Waals surface area (Å²) in [5, 5.41) is 14.0. The van der Waals surface area contributed by atoms with Crippen LogP contribution >= 0.6 is 0 Å². The van der Waals surface area contributed by atoms with Gasteiger partial charge >= 0.3 is 0 Å². The van der Waals surface area contributed by atoms with Crippen LogP contribution in [0.25, 0.3) is 10.9 Å². The number of nitrogens with zero attached hydrogens (tertiary/aromatic N) is 5. The van der Waals surface area contributed by atoms with Crippen LogP contribution < -0.4 is 10.3 Å². The van der Waals surface area contributed by atoms with Gasteiger partial charge < -0.3 is 9.72 Å². The van der Waals surface area contributed by atoms with Crippen molar-refractivity contribution in [3.05, 3.63) is 80.9 Å². The lowest BCUT2D eigenvalue weighted by molar-refractivity contribution is 0.149. The van der Waals surface area contributed by atoms with E-state index < -0.39 is 0 Å². The molecule has 0 aliphatic carbocycles. The lowest BCUT2D eigenvalue weighted by Crippen LogP contribution is -2.36. The molecule has 0 fully saturated rings. The minimum absolute atomic E-state index is 0.0761. The second-order valence-electron chi connectivity index (χ2n) is 10.4. The van der Waals surface area contributed by atoms with Crippen molar-refractivity contribution in [3.63, 3.8) is 0 Å². The van der Waals surface area contributed by atoms with E-state index in [1.54, 1.807) is 7.11 Å². The summed E-state index contributed by atoms with van der Waals surface area (Å²) in [5.41, 5.74) is 4.56. The molecule has 0 saturated carbocycles. The molecule has 0 amide bonds. The number of fused-ring (bicyclic) bond motifs is 1. The Morgan fingerprint density at radius 1 is 1.08 bits per heavy atom. The van der Waals surface area contributed by atoms with Crippen molar-refractivity contribution < 1.29 is 4.74 Å². The molecule has 8 nitrogen and oxygen atoms in total. The Bertz CT molecular complexity index is 1440. The Kier molecular flexibility index (Phi) is 7.78. The van der Waals surface area contributed by atoms with E-state index in [-0.39, 0.29) is 17.1 Å². The van der Waals surface area contributed by atoms with E-state index >= 15 is 0 Å². The topological polar surface area (TPSA) is 88.9 Å². The molecule has 0 aliphatic heterocycles. The first-order chi connectivity index (χ1) is 17.7. The number of aryl methyl sites for hydroxylation is 2. The summed E-state index contributed by atoms with van der Waals surface area (Å²) in [6, 6.07) is 14.1. The quantitative estimate of drug-likeness (QED) is 0.311. The van der Waals surface area contributed by atoms with Crippen molar-refractivity contribution in [3.8, 4) is 5.75 Å². The van der Waals surface area contributed by atoms with Crippen LogP contribution in [0.2, 0.25) is 0 Å². The van der Waals surface area contributed by atoms with Gasteiger partial charge in [-0.05, 0) is 80.1 Å². The largest absolute Gasteiger partial charge is 0.496 e. The molecule has 2 aromatic heterocycles. The van der Waals surface area contributed by atoms with Gasteiger partial charge in [0.25, 0.3) is 5.56 Å². The molecule has 0 radical (unpaired) electrons. The van der Waals surface area contributed by atoms with Gasteiger partial charge in [-0.3, -0.25) is 9.69 Å². The number of benzene rings is 2. The molecule has 0 unspecified atom stereocenters. The van der Waals surface area contributed by atoms with Gasteiger partial charge in [-0.15, -0.1) is 5.10 Å². The van der Waals surface area contributed by atoms with Crippen molar-refractivity contribution in [1.82, 2.24) is 30.1 Å². The van der Waals surface area contributed by atoms with Crippen molar-refractivity contribution in [2.75, 3.05) is 7.11 Å². The first-order valence-electron chi connectivity index (χ1n) is 13.0. The van der Waals surface area contributed by atoms with Gasteiger partial charge in [0.2, 0.25) is 0 Å². The van der Waals surface area contributed by atoms with Gasteiger partial charge in [-0.1, -0.05) is 43.7 Å². The standard InChI is InChI=1S/C29H38N6O2/c1-8-24(27-31-32-33-35(27)29(5,6)9-2)34(17-21-12-10-11-13-25(21)37-7)18-23-16-22-15-19(3)14-20(4)26(22)30-28(23)36/h10-16,24H,8-9,17-18H2,1-7H3,(H,30,36)/t24-/m0/s1. The Hall–Kier alpha value is -3.52. The molecule has 2 aromatic carbocycles. The zero-order valence-corrected chi connectivity index (χ0v) is 23.0. The highest BCUT2D eigenvalue weighted by Gasteiger charge is 2.31. The number of rotatable bonds is 10. The average Bonchev–Trinajstić information content (AvgIpc) is 3.36. The molecule has 8 heteroatoms. The summed E-state index contributed by atoms with van der Waals surface area (Å²) >= 11 is 0. The van der Waals surface area contributed by atoms with E-state index in [1.807, 2.05) is 35.9 Å². The molecule has 1 N–H and O–H groups in total. The lowest BCUT2D eigenvalue weighted by atomic mass is 10.0. The third-order valence-corrected chi connectivity index (χ3v) is 7.37. The molecule has 0 spiro atoms. The number of tetrazole rings is 1. The highest BCUT2D eigenvalue weighted by molar-refractivity contribution is 5.82. The van der Waals surface area contributed by atoms with E-state index in [0.29, 0.717) is 18.7 Å². The van der Waals surface area contributed by atoms with E-state index in [1.165, 1.54) is 5.56 Å². The van der Waals surface area contributed by atoms with E-state index in [4.69, 9.17) is 4.74 Å². The molecule has 1 atom stereocenters. The lowest BCUT2D eigenvalue weighted by Gasteiger charge is -2.33. The van der Waals surface area contributed by atoms with Gasteiger partial charge in [-0.25, -0.2) is 4.68 Å². The fraction of sp³-hybridized carbons (Fsp3) is 0.448. The monoisotopic (exact) mass is 502 g/mol. The van der Waals surface area contributed by atoms with Crippen molar-refractivity contribution in [2.24, 2.45) is 0 Å². The van der Waals surface area contributed by atoms with Gasteiger partial charge in [0, 0.05) is 24.2 Å². The van der Waals surface area contributed by atoms with Gasteiger partial charge in [-0.2, -0.15) is 0 Å². The summed E-state index contributed by atoms with van der Waals surface area (Å²) in [4.78, 5) is 18.7. The molecule has 0 aliphatic rings. The number of para-hydroxylation sites is 1. The van der Waals surface area contributed by atoms with Crippen molar-refractivity contribution >= 4 is 10.9 Å². The maximum Gasteiger partial charge on any atom is 0.252 e. The Balaban J connectivity index is 1.82. The van der Waals surface area contributed by atoms with Crippen molar-refractivity contribution in [1.29, 1.82) is 0 Å². The number of nitrogens with one attached hydrogen (secondary N) is 1. The summed E-state index contributed by atoms with van der Waals surface area (Å²) in [6.45, 7) is 13.7. The molecular weight excluding hydrogens is 464 g/mol. The summed E-state index contributed by atoms with van der Waals surface area (Å²) in [6.07, 6.45) is 1.66. The summed E-state index contributed by atoms with van der Waals surface area (Å²) < 4.78 is 7.60. The minimum Gasteiger partial charge on any atom is -0.496 e. The highest BCUT2D eigenvalue weighted by Crippen LogP contribution is 2.32. The molecule has 0 bridgehead atoms. The fourth-order valence-corrected chi connectivity index (χ4v) is 4.98.